The molecular formula is C22H25N3O4. The van der Waals surface area contributed by atoms with E-state index in [4.69, 9.17) is 14.2 Å². The van der Waals surface area contributed by atoms with Gasteiger partial charge in [-0.15, -0.1) is 0 Å². The Morgan fingerprint density at radius 1 is 1.07 bits per heavy atom. The highest BCUT2D eigenvalue weighted by atomic mass is 16.6. The van der Waals surface area contributed by atoms with Gasteiger partial charge in [0.15, 0.2) is 11.5 Å². The average molecular weight is 395 g/mol. The molecule has 0 unspecified atom stereocenters. The molecule has 0 radical (unpaired) electrons. The van der Waals surface area contributed by atoms with E-state index in [1.54, 1.807) is 12.1 Å². The molecule has 0 aliphatic carbocycles. The summed E-state index contributed by atoms with van der Waals surface area (Å²) in [6, 6.07) is 13.0. The molecule has 1 fully saturated rings. The lowest BCUT2D eigenvalue weighted by atomic mass is 10.1. The van der Waals surface area contributed by atoms with Gasteiger partial charge in [0.2, 0.25) is 5.96 Å². The van der Waals surface area contributed by atoms with Crippen molar-refractivity contribution in [3.05, 3.63) is 53.6 Å². The number of anilines is 1. The first-order valence-corrected chi connectivity index (χ1v) is 9.88. The average Bonchev–Trinajstić information content (AvgIpc) is 3.26. The van der Waals surface area contributed by atoms with Crippen LogP contribution in [-0.4, -0.2) is 44.3 Å². The van der Waals surface area contributed by atoms with Gasteiger partial charge in [0.25, 0.3) is 5.91 Å². The van der Waals surface area contributed by atoms with Gasteiger partial charge in [-0.05, 0) is 44.0 Å². The maximum absolute atomic E-state index is 12.7. The summed E-state index contributed by atoms with van der Waals surface area (Å²) in [5, 5.41) is 6.07. The van der Waals surface area contributed by atoms with Gasteiger partial charge in [-0.1, -0.05) is 17.7 Å². The maximum atomic E-state index is 12.7. The molecule has 0 aromatic heterocycles. The molecule has 2 aliphatic heterocycles. The van der Waals surface area contributed by atoms with Gasteiger partial charge in [0.1, 0.15) is 13.2 Å². The van der Waals surface area contributed by atoms with E-state index in [1.165, 1.54) is 0 Å². The van der Waals surface area contributed by atoms with Crippen molar-refractivity contribution in [2.75, 3.05) is 31.7 Å². The molecule has 7 heteroatoms. The Hall–Kier alpha value is -3.06. The molecule has 2 aliphatic rings. The van der Waals surface area contributed by atoms with Crippen LogP contribution in [0.25, 0.3) is 0 Å². The molecule has 1 atom stereocenters. The van der Waals surface area contributed by atoms with Crippen LogP contribution in [0.2, 0.25) is 0 Å². The van der Waals surface area contributed by atoms with E-state index in [-0.39, 0.29) is 12.0 Å². The van der Waals surface area contributed by atoms with Crippen LogP contribution in [0.1, 0.15) is 28.8 Å². The predicted octanol–water partition coefficient (Wildman–Crippen LogP) is 3.14. The number of ether oxygens (including phenoxy) is 3. The molecule has 0 bridgehead atoms. The zero-order valence-corrected chi connectivity index (χ0v) is 16.4. The van der Waals surface area contributed by atoms with Crippen LogP contribution < -0.4 is 20.1 Å². The molecule has 152 valence electrons. The van der Waals surface area contributed by atoms with Crippen LogP contribution in [0.5, 0.6) is 11.5 Å². The molecule has 2 heterocycles. The van der Waals surface area contributed by atoms with E-state index in [1.807, 2.05) is 37.3 Å². The van der Waals surface area contributed by atoms with E-state index >= 15 is 0 Å². The van der Waals surface area contributed by atoms with Crippen LogP contribution in [0.15, 0.2) is 47.5 Å². The number of hydrogen-bond acceptors (Lipinski definition) is 5. The number of carbonyl (C=O) groups excluding carboxylic acids is 1. The fourth-order valence-corrected chi connectivity index (χ4v) is 3.23. The summed E-state index contributed by atoms with van der Waals surface area (Å²) in [5.41, 5.74) is 2.43. The summed E-state index contributed by atoms with van der Waals surface area (Å²) in [7, 11) is 0. The Balaban J connectivity index is 1.50. The van der Waals surface area contributed by atoms with Crippen LogP contribution in [-0.2, 0) is 4.74 Å². The third-order valence-corrected chi connectivity index (χ3v) is 4.83. The second-order valence-corrected chi connectivity index (χ2v) is 7.13. The maximum Gasteiger partial charge on any atom is 0.257 e. The van der Waals surface area contributed by atoms with E-state index in [9.17, 15) is 4.79 Å². The summed E-state index contributed by atoms with van der Waals surface area (Å²) >= 11 is 0. The van der Waals surface area contributed by atoms with Gasteiger partial charge in [-0.3, -0.25) is 10.1 Å². The van der Waals surface area contributed by atoms with Crippen molar-refractivity contribution < 1.29 is 19.0 Å². The number of nitrogens with one attached hydrogen (secondary N) is 2. The smallest absolute Gasteiger partial charge is 0.257 e. The summed E-state index contributed by atoms with van der Waals surface area (Å²) in [6.45, 7) is 4.29. The summed E-state index contributed by atoms with van der Waals surface area (Å²) in [4.78, 5) is 17.3. The fourth-order valence-electron chi connectivity index (χ4n) is 3.23. The topological polar surface area (TPSA) is 81.2 Å². The lowest BCUT2D eigenvalue weighted by Crippen LogP contribution is -2.36. The first kappa shape index (κ1) is 19.3. The molecule has 0 saturated carbocycles. The highest BCUT2D eigenvalue weighted by Crippen LogP contribution is 2.32. The Bertz CT molecular complexity index is 889. The van der Waals surface area contributed by atoms with E-state index in [2.05, 4.69) is 15.6 Å². The zero-order chi connectivity index (χ0) is 20.1. The molecule has 1 amide bonds. The standard InChI is InChI=1S/C22H25N3O4/c1-15-4-6-16(7-5-15)21(26)25-22(23-14-18-3-2-10-27-18)24-17-8-9-19-20(13-17)29-12-11-28-19/h4-9,13,18H,2-3,10-12,14H2,1H3,(H2,23,24,25,26)/t18-/m0/s1. The highest BCUT2D eigenvalue weighted by Gasteiger charge is 2.17. The SMILES string of the molecule is Cc1ccc(C(=O)NC(=NC[C@@H]2CCCO2)Nc2ccc3c(c2)OCCO3)cc1. The number of benzene rings is 2. The number of hydrogen-bond donors (Lipinski definition) is 2. The van der Waals surface area contributed by atoms with Gasteiger partial charge < -0.3 is 19.5 Å². The van der Waals surface area contributed by atoms with Crippen LogP contribution in [0.3, 0.4) is 0 Å². The molecule has 1 saturated heterocycles. The first-order chi connectivity index (χ1) is 14.2. The van der Waals surface area contributed by atoms with Crippen LogP contribution in [0, 0.1) is 6.92 Å². The number of fused-ring (bicyclic) bond motifs is 1. The monoisotopic (exact) mass is 395 g/mol. The first-order valence-electron chi connectivity index (χ1n) is 9.88. The van der Waals surface area contributed by atoms with Crippen molar-refractivity contribution in [2.45, 2.75) is 25.9 Å². The lowest BCUT2D eigenvalue weighted by molar-refractivity contribution is 0.0975. The minimum atomic E-state index is -0.221. The number of guanidine groups is 1. The molecular weight excluding hydrogens is 370 g/mol. The lowest BCUT2D eigenvalue weighted by Gasteiger charge is -2.19. The highest BCUT2D eigenvalue weighted by molar-refractivity contribution is 6.10. The second kappa shape index (κ2) is 8.96. The van der Waals surface area contributed by atoms with Gasteiger partial charge in [0, 0.05) is 23.9 Å². The third-order valence-electron chi connectivity index (χ3n) is 4.83. The zero-order valence-electron chi connectivity index (χ0n) is 16.4. The van der Waals surface area contributed by atoms with Crippen molar-refractivity contribution in [1.29, 1.82) is 0 Å². The van der Waals surface area contributed by atoms with E-state index < -0.39 is 0 Å². The number of aliphatic imine (C=N–C) groups is 1. The molecule has 2 N–H and O–H groups in total. The summed E-state index contributed by atoms with van der Waals surface area (Å²) < 4.78 is 16.8. The Morgan fingerprint density at radius 2 is 1.86 bits per heavy atom. The molecule has 7 nitrogen and oxygen atoms in total. The largest absolute Gasteiger partial charge is 0.486 e. The Morgan fingerprint density at radius 3 is 2.62 bits per heavy atom. The van der Waals surface area contributed by atoms with E-state index in [0.717, 1.165) is 30.7 Å². The number of nitrogens with zero attached hydrogens (tertiary/aromatic N) is 1. The molecule has 2 aromatic carbocycles. The van der Waals surface area contributed by atoms with Crippen molar-refractivity contribution in [3.8, 4) is 11.5 Å². The second-order valence-electron chi connectivity index (χ2n) is 7.13. The Kier molecular flexibility index (Phi) is 5.95. The van der Waals surface area contributed by atoms with Crippen molar-refractivity contribution in [3.63, 3.8) is 0 Å². The van der Waals surface area contributed by atoms with Gasteiger partial charge in [-0.2, -0.15) is 0 Å². The van der Waals surface area contributed by atoms with E-state index in [0.29, 0.717) is 42.8 Å². The molecule has 2 aromatic rings. The fraction of sp³-hybridized carbons (Fsp3) is 0.364. The number of amides is 1. The van der Waals surface area contributed by atoms with Crippen LogP contribution >= 0.6 is 0 Å². The minimum Gasteiger partial charge on any atom is -0.486 e. The summed E-state index contributed by atoms with van der Waals surface area (Å²) in [6.07, 6.45) is 2.11. The predicted molar refractivity (Wildman–Crippen MR) is 111 cm³/mol. The number of aryl methyl sites for hydroxylation is 1. The van der Waals surface area contributed by atoms with Crippen molar-refractivity contribution >= 4 is 17.6 Å². The normalized spacial score (nSPS) is 18.4. The van der Waals surface area contributed by atoms with Crippen molar-refractivity contribution in [2.24, 2.45) is 4.99 Å². The van der Waals surface area contributed by atoms with Crippen LogP contribution in [0.4, 0.5) is 5.69 Å². The third kappa shape index (κ3) is 5.06. The quantitative estimate of drug-likeness (QED) is 0.614. The minimum absolute atomic E-state index is 0.0864. The number of rotatable bonds is 4. The van der Waals surface area contributed by atoms with Gasteiger partial charge >= 0.3 is 0 Å². The van der Waals surface area contributed by atoms with Crippen molar-refractivity contribution in [1.82, 2.24) is 5.32 Å². The summed E-state index contributed by atoms with van der Waals surface area (Å²) in [5.74, 6) is 1.54. The molecule has 29 heavy (non-hydrogen) atoms. The molecule has 4 rings (SSSR count). The molecule has 0 spiro atoms. The van der Waals surface area contributed by atoms with Gasteiger partial charge in [0.05, 0.1) is 12.6 Å². The van der Waals surface area contributed by atoms with Gasteiger partial charge in [-0.25, -0.2) is 4.99 Å². The number of carbonyl (C=O) groups is 1. The Labute approximate surface area is 170 Å².